The van der Waals surface area contributed by atoms with E-state index in [1.54, 1.807) is 24.3 Å². The summed E-state index contributed by atoms with van der Waals surface area (Å²) in [6.45, 7) is 0. The molecule has 0 bridgehead atoms. The molecule has 4 rings (SSSR count). The Bertz CT molecular complexity index is 1130. The lowest BCUT2D eigenvalue weighted by molar-refractivity contribution is -0.137. The van der Waals surface area contributed by atoms with Crippen molar-refractivity contribution in [2.75, 3.05) is 0 Å². The van der Waals surface area contributed by atoms with Crippen molar-refractivity contribution in [2.45, 2.75) is 36.5 Å². The summed E-state index contributed by atoms with van der Waals surface area (Å²) < 4.78 is 43.4. The zero-order chi connectivity index (χ0) is 22.9. The highest BCUT2D eigenvalue weighted by Crippen LogP contribution is 2.51. The normalized spacial score (nSPS) is 20.9. The van der Waals surface area contributed by atoms with Crippen molar-refractivity contribution in [1.82, 2.24) is 5.32 Å². The van der Waals surface area contributed by atoms with Crippen molar-refractivity contribution in [3.05, 3.63) is 83.8 Å². The molecule has 164 valence electrons. The Balaban J connectivity index is 1.42. The number of nitrogens with two attached hydrogens (primary N) is 1. The van der Waals surface area contributed by atoms with Crippen LogP contribution in [0.4, 0.5) is 13.2 Å². The SMILES string of the molecule is N#C[C@@]1(NC(=O)[C@@H](N)Cc2ccco2)C[C@@H]1c1ccc(-c2ccc(C(F)(F)F)cc2)cc1. The van der Waals surface area contributed by atoms with Gasteiger partial charge in [-0.25, -0.2) is 0 Å². The number of halogens is 3. The van der Waals surface area contributed by atoms with E-state index in [1.807, 2.05) is 12.1 Å². The maximum Gasteiger partial charge on any atom is 0.416 e. The maximum atomic E-state index is 12.7. The highest BCUT2D eigenvalue weighted by molar-refractivity contribution is 5.84. The van der Waals surface area contributed by atoms with E-state index < -0.39 is 29.2 Å². The highest BCUT2D eigenvalue weighted by atomic mass is 19.4. The summed E-state index contributed by atoms with van der Waals surface area (Å²) in [7, 11) is 0. The summed E-state index contributed by atoms with van der Waals surface area (Å²) in [6.07, 6.45) is -2.18. The molecular weight excluding hydrogens is 419 g/mol. The van der Waals surface area contributed by atoms with Crippen molar-refractivity contribution < 1.29 is 22.4 Å². The summed E-state index contributed by atoms with van der Waals surface area (Å²) in [5.74, 6) is -0.0226. The molecule has 5 nitrogen and oxygen atoms in total. The van der Waals surface area contributed by atoms with Crippen LogP contribution in [0.3, 0.4) is 0 Å². The van der Waals surface area contributed by atoms with Crippen molar-refractivity contribution in [1.29, 1.82) is 5.26 Å². The lowest BCUT2D eigenvalue weighted by Gasteiger charge is -2.16. The van der Waals surface area contributed by atoms with Crippen LogP contribution < -0.4 is 11.1 Å². The summed E-state index contributed by atoms with van der Waals surface area (Å²) in [5, 5.41) is 12.5. The molecule has 1 aliphatic carbocycles. The Morgan fingerprint density at radius 1 is 1.16 bits per heavy atom. The first-order valence-electron chi connectivity index (χ1n) is 10.0. The Morgan fingerprint density at radius 3 is 2.31 bits per heavy atom. The Hall–Kier alpha value is -3.57. The van der Waals surface area contributed by atoms with Gasteiger partial charge < -0.3 is 15.5 Å². The molecule has 0 spiro atoms. The number of alkyl halides is 3. The second kappa shape index (κ2) is 8.17. The van der Waals surface area contributed by atoms with Crippen LogP contribution >= 0.6 is 0 Å². The molecule has 1 heterocycles. The first-order valence-corrected chi connectivity index (χ1v) is 10.0. The van der Waals surface area contributed by atoms with Gasteiger partial charge in [0.05, 0.1) is 23.9 Å². The van der Waals surface area contributed by atoms with E-state index in [9.17, 15) is 23.2 Å². The number of carbonyl (C=O) groups is 1. The summed E-state index contributed by atoms with van der Waals surface area (Å²) in [5.41, 5.74) is 6.51. The fraction of sp³-hybridized carbons (Fsp3) is 0.250. The number of hydrogen-bond acceptors (Lipinski definition) is 4. The molecule has 0 saturated heterocycles. The lowest BCUT2D eigenvalue weighted by Crippen LogP contribution is -2.47. The molecule has 2 aromatic carbocycles. The molecular formula is C24H20F3N3O2. The van der Waals surface area contributed by atoms with Crippen LogP contribution in [0.25, 0.3) is 11.1 Å². The number of carbonyl (C=O) groups excluding carboxylic acids is 1. The van der Waals surface area contributed by atoms with Crippen LogP contribution in [0.2, 0.25) is 0 Å². The third kappa shape index (κ3) is 4.39. The van der Waals surface area contributed by atoms with E-state index in [1.165, 1.54) is 18.4 Å². The van der Waals surface area contributed by atoms with Gasteiger partial charge in [0.2, 0.25) is 5.91 Å². The van der Waals surface area contributed by atoms with Crippen molar-refractivity contribution in [2.24, 2.45) is 5.73 Å². The zero-order valence-corrected chi connectivity index (χ0v) is 16.9. The average Bonchev–Trinajstić information content (AvgIpc) is 3.25. The van der Waals surface area contributed by atoms with Gasteiger partial charge in [-0.2, -0.15) is 18.4 Å². The minimum Gasteiger partial charge on any atom is -0.469 e. The average molecular weight is 439 g/mol. The minimum atomic E-state index is -4.38. The van der Waals surface area contributed by atoms with Gasteiger partial charge >= 0.3 is 6.18 Å². The maximum absolute atomic E-state index is 12.7. The van der Waals surface area contributed by atoms with Crippen molar-refractivity contribution >= 4 is 5.91 Å². The van der Waals surface area contributed by atoms with Crippen LogP contribution in [0.1, 0.15) is 29.2 Å². The summed E-state index contributed by atoms with van der Waals surface area (Å²) >= 11 is 0. The molecule has 0 unspecified atom stereocenters. The number of nitrogens with zero attached hydrogens (tertiary/aromatic N) is 1. The molecule has 3 aromatic rings. The predicted octanol–water partition coefficient (Wildman–Crippen LogP) is 4.40. The van der Waals surface area contributed by atoms with E-state index in [0.29, 0.717) is 17.7 Å². The largest absolute Gasteiger partial charge is 0.469 e. The van der Waals surface area contributed by atoms with Crippen LogP contribution in [-0.4, -0.2) is 17.5 Å². The first kappa shape index (κ1) is 21.7. The Labute approximate surface area is 182 Å². The molecule has 3 N–H and O–H groups in total. The highest BCUT2D eigenvalue weighted by Gasteiger charge is 2.57. The van der Waals surface area contributed by atoms with Crippen molar-refractivity contribution in [3.8, 4) is 17.2 Å². The molecule has 1 fully saturated rings. The molecule has 3 atom stereocenters. The zero-order valence-electron chi connectivity index (χ0n) is 16.9. The summed E-state index contributed by atoms with van der Waals surface area (Å²) in [4.78, 5) is 12.5. The van der Waals surface area contributed by atoms with E-state index >= 15 is 0 Å². The van der Waals surface area contributed by atoms with E-state index in [4.69, 9.17) is 10.2 Å². The second-order valence-corrected chi connectivity index (χ2v) is 7.92. The van der Waals surface area contributed by atoms with Gasteiger partial charge in [-0.3, -0.25) is 4.79 Å². The molecule has 1 aliphatic rings. The first-order chi connectivity index (χ1) is 15.2. The minimum absolute atomic E-state index is 0.186. The molecule has 8 heteroatoms. The Morgan fingerprint density at radius 2 is 1.78 bits per heavy atom. The third-order valence-corrected chi connectivity index (χ3v) is 5.70. The van der Waals surface area contributed by atoms with Gasteiger partial charge in [-0.15, -0.1) is 0 Å². The molecule has 0 aliphatic heterocycles. The molecule has 1 aromatic heterocycles. The van der Waals surface area contributed by atoms with Gasteiger partial charge in [0, 0.05) is 12.3 Å². The smallest absolute Gasteiger partial charge is 0.416 e. The Kier molecular flexibility index (Phi) is 5.53. The number of hydrogen-bond donors (Lipinski definition) is 2. The fourth-order valence-corrected chi connectivity index (χ4v) is 3.77. The van der Waals surface area contributed by atoms with Gasteiger partial charge in [0.1, 0.15) is 11.3 Å². The molecule has 1 amide bonds. The molecule has 32 heavy (non-hydrogen) atoms. The predicted molar refractivity (Wildman–Crippen MR) is 111 cm³/mol. The van der Waals surface area contributed by atoms with E-state index in [2.05, 4.69) is 11.4 Å². The number of nitrogens with one attached hydrogen (secondary N) is 1. The monoisotopic (exact) mass is 439 g/mol. The molecule has 0 radical (unpaired) electrons. The second-order valence-electron chi connectivity index (χ2n) is 7.92. The van der Waals surface area contributed by atoms with Crippen LogP contribution in [-0.2, 0) is 17.4 Å². The fourth-order valence-electron chi connectivity index (χ4n) is 3.77. The van der Waals surface area contributed by atoms with E-state index in [-0.39, 0.29) is 12.3 Å². The number of nitriles is 1. The van der Waals surface area contributed by atoms with Gasteiger partial charge in [0.15, 0.2) is 0 Å². The van der Waals surface area contributed by atoms with Gasteiger partial charge in [-0.1, -0.05) is 36.4 Å². The van der Waals surface area contributed by atoms with Crippen LogP contribution in [0.15, 0.2) is 71.3 Å². The van der Waals surface area contributed by atoms with Gasteiger partial charge in [0.25, 0.3) is 0 Å². The van der Waals surface area contributed by atoms with Gasteiger partial charge in [-0.05, 0) is 47.4 Å². The van der Waals surface area contributed by atoms with Crippen molar-refractivity contribution in [3.63, 3.8) is 0 Å². The lowest BCUT2D eigenvalue weighted by atomic mass is 9.99. The summed E-state index contributed by atoms with van der Waals surface area (Å²) in [6, 6.07) is 17.0. The topological polar surface area (TPSA) is 92.0 Å². The number of furan rings is 1. The van der Waals surface area contributed by atoms with E-state index in [0.717, 1.165) is 23.3 Å². The van der Waals surface area contributed by atoms with Crippen LogP contribution in [0.5, 0.6) is 0 Å². The quantitative estimate of drug-likeness (QED) is 0.596. The number of rotatable bonds is 6. The number of benzene rings is 2. The molecule has 1 saturated carbocycles. The standard InChI is InChI=1S/C24H20F3N3O2/c25-24(26,27)18-9-7-16(8-10-18)15-3-5-17(6-4-15)20-13-23(20,14-28)30-22(31)21(29)12-19-2-1-11-32-19/h1-11,20-21H,12-13,29H2,(H,30,31)/t20-,21+,23+/m1/s1. The van der Waals surface area contributed by atoms with Crippen LogP contribution in [0, 0.1) is 11.3 Å². The number of amides is 1. The third-order valence-electron chi connectivity index (χ3n) is 5.70.